The lowest BCUT2D eigenvalue weighted by molar-refractivity contribution is -0.194. The summed E-state index contributed by atoms with van der Waals surface area (Å²) < 4.78 is 9.52. The molecule has 0 aliphatic carbocycles. The van der Waals surface area contributed by atoms with E-state index in [2.05, 4.69) is 17.4 Å². The molecule has 0 radical (unpaired) electrons. The molecule has 1 heterocycles. The van der Waals surface area contributed by atoms with Crippen LogP contribution in [0, 0.1) is 0 Å². The third-order valence-electron chi connectivity index (χ3n) is 2.33. The second-order valence-corrected chi connectivity index (χ2v) is 3.87. The average molecular weight is 238 g/mol. The monoisotopic (exact) mass is 238 g/mol. The molecule has 0 aromatic rings. The lowest BCUT2D eigenvalue weighted by atomic mass is 9.97. The molecule has 0 aromatic carbocycles. The van der Waals surface area contributed by atoms with Gasteiger partial charge in [0.2, 0.25) is 0 Å². The van der Waals surface area contributed by atoms with Crippen LogP contribution in [0.5, 0.6) is 0 Å². The van der Waals surface area contributed by atoms with Crippen molar-refractivity contribution in [1.29, 1.82) is 0 Å². The fourth-order valence-electron chi connectivity index (χ4n) is 1.41. The highest BCUT2D eigenvalue weighted by atomic mass is 32.1. The Bertz CT molecular complexity index is 233. The SMILES string of the molecule is COC(=O)[C@@H]1O[C@H](CO)[C@H](O)[C@H](O)[C@@H]1S. The number of aliphatic hydroxyl groups is 3. The van der Waals surface area contributed by atoms with Gasteiger partial charge in [0, 0.05) is 0 Å². The van der Waals surface area contributed by atoms with Crippen molar-refractivity contribution in [2.75, 3.05) is 13.7 Å². The topological polar surface area (TPSA) is 96.2 Å². The van der Waals surface area contributed by atoms with Gasteiger partial charge in [0.15, 0.2) is 6.10 Å². The molecule has 0 aromatic heterocycles. The van der Waals surface area contributed by atoms with Gasteiger partial charge in [0.1, 0.15) is 12.2 Å². The highest BCUT2D eigenvalue weighted by Gasteiger charge is 2.46. The van der Waals surface area contributed by atoms with E-state index in [1.165, 1.54) is 7.11 Å². The van der Waals surface area contributed by atoms with Crippen LogP contribution in [0.2, 0.25) is 0 Å². The quantitative estimate of drug-likeness (QED) is 0.326. The van der Waals surface area contributed by atoms with Crippen molar-refractivity contribution in [3.05, 3.63) is 0 Å². The summed E-state index contributed by atoms with van der Waals surface area (Å²) in [6.45, 7) is -0.494. The maximum atomic E-state index is 11.2. The van der Waals surface area contributed by atoms with Crippen molar-refractivity contribution in [3.8, 4) is 0 Å². The number of esters is 1. The molecule has 1 saturated heterocycles. The van der Waals surface area contributed by atoms with Gasteiger partial charge in [0.05, 0.1) is 25.1 Å². The summed E-state index contributed by atoms with van der Waals surface area (Å²) in [6, 6.07) is 0. The first-order valence-electron chi connectivity index (χ1n) is 4.41. The van der Waals surface area contributed by atoms with Crippen LogP contribution in [0.3, 0.4) is 0 Å². The molecule has 0 saturated carbocycles. The molecule has 0 unspecified atom stereocenters. The Kier molecular flexibility index (Phi) is 4.35. The number of hydrogen-bond donors (Lipinski definition) is 4. The van der Waals surface area contributed by atoms with E-state index in [1.54, 1.807) is 0 Å². The number of methoxy groups -OCH3 is 1. The van der Waals surface area contributed by atoms with E-state index in [9.17, 15) is 15.0 Å². The zero-order chi connectivity index (χ0) is 11.6. The summed E-state index contributed by atoms with van der Waals surface area (Å²) >= 11 is 3.97. The molecular weight excluding hydrogens is 224 g/mol. The van der Waals surface area contributed by atoms with E-state index < -0.39 is 42.2 Å². The summed E-state index contributed by atoms with van der Waals surface area (Å²) in [6.07, 6.45) is -4.61. The van der Waals surface area contributed by atoms with Gasteiger partial charge in [-0.15, -0.1) is 0 Å². The molecule has 0 bridgehead atoms. The predicted octanol–water partition coefficient (Wildman–Crippen LogP) is -2.06. The van der Waals surface area contributed by atoms with Crippen molar-refractivity contribution in [1.82, 2.24) is 0 Å². The fraction of sp³-hybridized carbons (Fsp3) is 0.875. The molecule has 0 amide bonds. The molecule has 1 aliphatic heterocycles. The maximum absolute atomic E-state index is 11.2. The van der Waals surface area contributed by atoms with Gasteiger partial charge < -0.3 is 24.8 Å². The van der Waals surface area contributed by atoms with E-state index in [0.717, 1.165) is 0 Å². The van der Waals surface area contributed by atoms with E-state index in [-0.39, 0.29) is 0 Å². The third-order valence-corrected chi connectivity index (χ3v) is 2.90. The summed E-state index contributed by atoms with van der Waals surface area (Å²) in [7, 11) is 1.18. The minimum absolute atomic E-state index is 0.494. The van der Waals surface area contributed by atoms with Crippen LogP contribution < -0.4 is 0 Å². The van der Waals surface area contributed by atoms with Gasteiger partial charge in [-0.3, -0.25) is 0 Å². The standard InChI is InChI=1S/C8H14O6S/c1-13-8(12)6-7(15)5(11)4(10)3(2-9)14-6/h3-7,9-11,15H,2H2,1H3/t3-,4+,5+,6-,7+/m1/s1. The van der Waals surface area contributed by atoms with Gasteiger partial charge in [-0.1, -0.05) is 0 Å². The second-order valence-electron chi connectivity index (χ2n) is 3.27. The van der Waals surface area contributed by atoms with Gasteiger partial charge in [-0.2, -0.15) is 12.6 Å². The first-order valence-corrected chi connectivity index (χ1v) is 4.93. The molecule has 7 heteroatoms. The number of hydrogen-bond acceptors (Lipinski definition) is 7. The summed E-state index contributed by atoms with van der Waals surface area (Å²) in [5.74, 6) is -0.695. The molecule has 1 rings (SSSR count). The van der Waals surface area contributed by atoms with E-state index in [0.29, 0.717) is 0 Å². The average Bonchev–Trinajstić information content (AvgIpc) is 2.25. The van der Waals surface area contributed by atoms with Crippen LogP contribution in [0.1, 0.15) is 0 Å². The fourth-order valence-corrected chi connectivity index (χ4v) is 1.78. The number of thiol groups is 1. The molecule has 0 spiro atoms. The molecule has 1 fully saturated rings. The molecular formula is C8H14O6S. The normalized spacial score (nSPS) is 41.3. The van der Waals surface area contributed by atoms with E-state index in [4.69, 9.17) is 9.84 Å². The number of aliphatic hydroxyl groups excluding tert-OH is 3. The van der Waals surface area contributed by atoms with Crippen LogP contribution in [0.15, 0.2) is 0 Å². The Morgan fingerprint density at radius 2 is 2.07 bits per heavy atom. The first-order chi connectivity index (χ1) is 7.02. The minimum atomic E-state index is -1.27. The molecule has 1 aliphatic rings. The minimum Gasteiger partial charge on any atom is -0.467 e. The predicted molar refractivity (Wildman–Crippen MR) is 52.6 cm³/mol. The number of ether oxygens (including phenoxy) is 2. The largest absolute Gasteiger partial charge is 0.467 e. The smallest absolute Gasteiger partial charge is 0.336 e. The lowest BCUT2D eigenvalue weighted by Crippen LogP contribution is -2.58. The van der Waals surface area contributed by atoms with E-state index in [1.807, 2.05) is 0 Å². The van der Waals surface area contributed by atoms with Crippen molar-refractivity contribution in [2.45, 2.75) is 29.7 Å². The first kappa shape index (κ1) is 12.7. The summed E-state index contributed by atoms with van der Waals surface area (Å²) in [5.41, 5.74) is 0. The van der Waals surface area contributed by atoms with Gasteiger partial charge in [-0.05, 0) is 0 Å². The van der Waals surface area contributed by atoms with Crippen LogP contribution >= 0.6 is 12.6 Å². The highest BCUT2D eigenvalue weighted by molar-refractivity contribution is 7.81. The third kappa shape index (κ3) is 2.43. The Labute approximate surface area is 92.2 Å². The van der Waals surface area contributed by atoms with Gasteiger partial charge in [0.25, 0.3) is 0 Å². The number of carbonyl (C=O) groups excluding carboxylic acids is 1. The molecule has 15 heavy (non-hydrogen) atoms. The Balaban J connectivity index is 2.78. The van der Waals surface area contributed by atoms with Crippen molar-refractivity contribution in [2.24, 2.45) is 0 Å². The van der Waals surface area contributed by atoms with Gasteiger partial charge in [-0.25, -0.2) is 4.79 Å². The zero-order valence-corrected chi connectivity index (χ0v) is 9.00. The Morgan fingerprint density at radius 3 is 2.53 bits per heavy atom. The summed E-state index contributed by atoms with van der Waals surface area (Å²) in [5, 5.41) is 27.0. The Morgan fingerprint density at radius 1 is 1.47 bits per heavy atom. The van der Waals surface area contributed by atoms with Gasteiger partial charge >= 0.3 is 5.97 Å². The molecule has 5 atom stereocenters. The van der Waals surface area contributed by atoms with Crippen molar-refractivity contribution < 1.29 is 29.6 Å². The molecule has 3 N–H and O–H groups in total. The zero-order valence-electron chi connectivity index (χ0n) is 8.11. The summed E-state index contributed by atoms with van der Waals surface area (Å²) in [4.78, 5) is 11.2. The number of rotatable bonds is 2. The highest BCUT2D eigenvalue weighted by Crippen LogP contribution is 2.25. The molecule has 6 nitrogen and oxygen atoms in total. The second kappa shape index (κ2) is 5.13. The van der Waals surface area contributed by atoms with E-state index >= 15 is 0 Å². The van der Waals surface area contributed by atoms with Crippen LogP contribution in [0.25, 0.3) is 0 Å². The van der Waals surface area contributed by atoms with Crippen LogP contribution in [-0.2, 0) is 14.3 Å². The Hall–Kier alpha value is -0.340. The maximum Gasteiger partial charge on any atom is 0.336 e. The molecule has 88 valence electrons. The van der Waals surface area contributed by atoms with Crippen LogP contribution in [0.4, 0.5) is 0 Å². The van der Waals surface area contributed by atoms with Crippen molar-refractivity contribution in [3.63, 3.8) is 0 Å². The van der Waals surface area contributed by atoms with Crippen molar-refractivity contribution >= 4 is 18.6 Å². The number of carbonyl (C=O) groups is 1. The van der Waals surface area contributed by atoms with Crippen LogP contribution in [-0.4, -0.2) is 64.7 Å². The lowest BCUT2D eigenvalue weighted by Gasteiger charge is -2.38.